The zero-order chi connectivity index (χ0) is 11.5. The number of aromatic nitrogens is 1. The molecular weight excluding hydrogens is 222 g/mol. The van der Waals surface area contributed by atoms with Gasteiger partial charge < -0.3 is 0 Å². The molecule has 16 heavy (non-hydrogen) atoms. The summed E-state index contributed by atoms with van der Waals surface area (Å²) in [4.78, 5) is 15.9. The molecule has 80 valence electrons. The molecular formula is C13H10ClNO. The predicted molar refractivity (Wildman–Crippen MR) is 63.9 cm³/mol. The second-order valence-electron chi connectivity index (χ2n) is 3.57. The van der Waals surface area contributed by atoms with E-state index in [0.29, 0.717) is 16.3 Å². The van der Waals surface area contributed by atoms with Gasteiger partial charge in [0.05, 0.1) is 0 Å². The van der Waals surface area contributed by atoms with Gasteiger partial charge in [0.2, 0.25) is 0 Å². The molecule has 0 unspecified atom stereocenters. The van der Waals surface area contributed by atoms with Crippen molar-refractivity contribution in [2.24, 2.45) is 0 Å². The van der Waals surface area contributed by atoms with Gasteiger partial charge in [-0.05, 0) is 25.1 Å². The van der Waals surface area contributed by atoms with Crippen molar-refractivity contribution in [3.05, 3.63) is 64.4 Å². The van der Waals surface area contributed by atoms with Gasteiger partial charge in [-0.3, -0.25) is 4.79 Å². The van der Waals surface area contributed by atoms with Crippen molar-refractivity contribution < 1.29 is 4.79 Å². The Morgan fingerprint density at radius 1 is 1.19 bits per heavy atom. The fourth-order valence-corrected chi connectivity index (χ4v) is 1.57. The molecule has 2 nitrogen and oxygen atoms in total. The lowest BCUT2D eigenvalue weighted by Crippen LogP contribution is -2.01. The molecule has 0 N–H and O–H groups in total. The number of halogens is 1. The molecule has 0 aliphatic rings. The molecule has 0 bridgehead atoms. The summed E-state index contributed by atoms with van der Waals surface area (Å²) >= 11 is 5.67. The predicted octanol–water partition coefficient (Wildman–Crippen LogP) is 3.27. The van der Waals surface area contributed by atoms with Crippen molar-refractivity contribution in [2.45, 2.75) is 6.92 Å². The van der Waals surface area contributed by atoms with Crippen molar-refractivity contribution in [1.82, 2.24) is 4.98 Å². The van der Waals surface area contributed by atoms with Crippen molar-refractivity contribution in [3.63, 3.8) is 0 Å². The maximum atomic E-state index is 12.0. The van der Waals surface area contributed by atoms with Gasteiger partial charge in [0, 0.05) is 17.3 Å². The molecule has 0 aliphatic heterocycles. The number of carbonyl (C=O) groups is 1. The molecule has 3 heteroatoms. The van der Waals surface area contributed by atoms with Crippen LogP contribution in [0.25, 0.3) is 0 Å². The van der Waals surface area contributed by atoms with Crippen LogP contribution in [0.4, 0.5) is 0 Å². The Kier molecular flexibility index (Phi) is 3.02. The summed E-state index contributed by atoms with van der Waals surface area (Å²) in [6.45, 7) is 1.96. The van der Waals surface area contributed by atoms with E-state index in [1.165, 1.54) is 6.20 Å². The van der Waals surface area contributed by atoms with Crippen LogP contribution < -0.4 is 0 Å². The third kappa shape index (κ3) is 2.28. The molecule has 0 saturated heterocycles. The van der Waals surface area contributed by atoms with E-state index in [4.69, 9.17) is 11.6 Å². The van der Waals surface area contributed by atoms with Crippen LogP contribution in [0.1, 0.15) is 21.5 Å². The Balaban J connectivity index is 2.35. The number of pyridine rings is 1. The van der Waals surface area contributed by atoms with Crippen LogP contribution >= 0.6 is 11.6 Å². The van der Waals surface area contributed by atoms with Crippen molar-refractivity contribution in [3.8, 4) is 0 Å². The molecule has 0 amide bonds. The molecule has 1 heterocycles. The standard InChI is InChI=1S/C13H10ClNO/c1-9-3-2-4-10(7-9)13(16)11-5-6-12(14)15-8-11/h2-8H,1H3. The SMILES string of the molecule is Cc1cccc(C(=O)c2ccc(Cl)nc2)c1. The van der Waals surface area contributed by atoms with Gasteiger partial charge in [-0.1, -0.05) is 35.4 Å². The van der Waals surface area contributed by atoms with Crippen molar-refractivity contribution in [2.75, 3.05) is 0 Å². The van der Waals surface area contributed by atoms with E-state index in [1.807, 2.05) is 25.1 Å². The highest BCUT2D eigenvalue weighted by molar-refractivity contribution is 6.29. The molecule has 2 aromatic rings. The fourth-order valence-electron chi connectivity index (χ4n) is 1.46. The number of carbonyl (C=O) groups excluding carboxylic acids is 1. The van der Waals surface area contributed by atoms with E-state index < -0.39 is 0 Å². The summed E-state index contributed by atoms with van der Waals surface area (Å²) < 4.78 is 0. The van der Waals surface area contributed by atoms with Crippen molar-refractivity contribution >= 4 is 17.4 Å². The van der Waals surface area contributed by atoms with E-state index >= 15 is 0 Å². The van der Waals surface area contributed by atoms with Crippen LogP contribution in [0.15, 0.2) is 42.6 Å². The number of aryl methyl sites for hydroxylation is 1. The number of hydrogen-bond acceptors (Lipinski definition) is 2. The molecule has 0 spiro atoms. The molecule has 1 aromatic carbocycles. The first kappa shape index (κ1) is 10.8. The van der Waals surface area contributed by atoms with Crippen molar-refractivity contribution in [1.29, 1.82) is 0 Å². The Labute approximate surface area is 98.9 Å². The van der Waals surface area contributed by atoms with Gasteiger partial charge in [0.15, 0.2) is 5.78 Å². The summed E-state index contributed by atoms with van der Waals surface area (Å²) in [5.41, 5.74) is 2.28. The Morgan fingerprint density at radius 2 is 2.00 bits per heavy atom. The first-order valence-electron chi connectivity index (χ1n) is 4.90. The largest absolute Gasteiger partial charge is 0.289 e. The van der Waals surface area contributed by atoms with Crippen LogP contribution in [0.3, 0.4) is 0 Å². The molecule has 1 aromatic heterocycles. The highest BCUT2D eigenvalue weighted by Crippen LogP contribution is 2.12. The van der Waals surface area contributed by atoms with E-state index in [9.17, 15) is 4.79 Å². The molecule has 0 aliphatic carbocycles. The van der Waals surface area contributed by atoms with Crippen LogP contribution in [0.2, 0.25) is 5.15 Å². The van der Waals surface area contributed by atoms with Crippen LogP contribution in [-0.2, 0) is 0 Å². The topological polar surface area (TPSA) is 30.0 Å². The third-order valence-corrected chi connectivity index (χ3v) is 2.49. The molecule has 2 rings (SSSR count). The minimum atomic E-state index is -0.0344. The minimum Gasteiger partial charge on any atom is -0.289 e. The number of ketones is 1. The zero-order valence-corrected chi connectivity index (χ0v) is 9.53. The Hall–Kier alpha value is -1.67. The van der Waals surface area contributed by atoms with Gasteiger partial charge in [-0.15, -0.1) is 0 Å². The van der Waals surface area contributed by atoms with Gasteiger partial charge in [0.25, 0.3) is 0 Å². The minimum absolute atomic E-state index is 0.0344. The monoisotopic (exact) mass is 231 g/mol. The van der Waals surface area contributed by atoms with Gasteiger partial charge in [-0.25, -0.2) is 4.98 Å². The fraction of sp³-hybridized carbons (Fsp3) is 0.0769. The molecule has 0 saturated carbocycles. The van der Waals surface area contributed by atoms with Crippen LogP contribution in [0.5, 0.6) is 0 Å². The number of rotatable bonds is 2. The highest BCUT2D eigenvalue weighted by Gasteiger charge is 2.08. The van der Waals surface area contributed by atoms with E-state index in [1.54, 1.807) is 18.2 Å². The van der Waals surface area contributed by atoms with E-state index in [-0.39, 0.29) is 5.78 Å². The highest BCUT2D eigenvalue weighted by atomic mass is 35.5. The lowest BCUT2D eigenvalue weighted by Gasteiger charge is -2.01. The normalized spacial score (nSPS) is 10.1. The summed E-state index contributed by atoms with van der Waals surface area (Å²) in [5.74, 6) is -0.0344. The first-order valence-corrected chi connectivity index (χ1v) is 5.27. The second-order valence-corrected chi connectivity index (χ2v) is 3.96. The lowest BCUT2D eigenvalue weighted by molar-refractivity contribution is 0.103. The van der Waals surface area contributed by atoms with E-state index in [0.717, 1.165) is 5.56 Å². The molecule has 0 atom stereocenters. The smallest absolute Gasteiger partial charge is 0.194 e. The van der Waals surface area contributed by atoms with Crippen LogP contribution in [-0.4, -0.2) is 10.8 Å². The van der Waals surface area contributed by atoms with Crippen LogP contribution in [0, 0.1) is 6.92 Å². The number of nitrogens with zero attached hydrogens (tertiary/aromatic N) is 1. The quantitative estimate of drug-likeness (QED) is 0.587. The first-order chi connectivity index (χ1) is 7.66. The van der Waals surface area contributed by atoms with E-state index in [2.05, 4.69) is 4.98 Å². The maximum Gasteiger partial charge on any atom is 0.194 e. The van der Waals surface area contributed by atoms with Gasteiger partial charge in [0.1, 0.15) is 5.15 Å². The van der Waals surface area contributed by atoms with Gasteiger partial charge in [-0.2, -0.15) is 0 Å². The Bertz CT molecular complexity index is 520. The lowest BCUT2D eigenvalue weighted by atomic mass is 10.0. The number of hydrogen-bond donors (Lipinski definition) is 0. The summed E-state index contributed by atoms with van der Waals surface area (Å²) in [6.07, 6.45) is 1.49. The maximum absolute atomic E-state index is 12.0. The average Bonchev–Trinajstić information content (AvgIpc) is 2.29. The zero-order valence-electron chi connectivity index (χ0n) is 8.77. The summed E-state index contributed by atoms with van der Waals surface area (Å²) in [5, 5.41) is 0.390. The van der Waals surface area contributed by atoms with Gasteiger partial charge >= 0.3 is 0 Å². The number of benzene rings is 1. The summed E-state index contributed by atoms with van der Waals surface area (Å²) in [7, 11) is 0. The summed E-state index contributed by atoms with van der Waals surface area (Å²) in [6, 6.07) is 10.8. The molecule has 0 fully saturated rings. The Morgan fingerprint density at radius 3 is 2.62 bits per heavy atom. The average molecular weight is 232 g/mol. The third-order valence-electron chi connectivity index (χ3n) is 2.27. The molecule has 0 radical (unpaired) electrons. The second kappa shape index (κ2) is 4.45.